The summed E-state index contributed by atoms with van der Waals surface area (Å²) in [4.78, 5) is 0. The van der Waals surface area contributed by atoms with Crippen LogP contribution in [0.4, 0.5) is 4.39 Å². The summed E-state index contributed by atoms with van der Waals surface area (Å²) in [5, 5.41) is 3.73. The van der Waals surface area contributed by atoms with Gasteiger partial charge in [-0.3, -0.25) is 0 Å². The molecule has 2 aliphatic carbocycles. The zero-order chi connectivity index (χ0) is 13.2. The average molecular weight is 261 g/mol. The van der Waals surface area contributed by atoms with Crippen molar-refractivity contribution in [1.82, 2.24) is 5.32 Å². The maximum atomic E-state index is 13.2. The molecule has 3 atom stereocenters. The molecule has 1 aromatic carbocycles. The zero-order valence-electron chi connectivity index (χ0n) is 11.8. The summed E-state index contributed by atoms with van der Waals surface area (Å²) in [5.41, 5.74) is 2.53. The highest BCUT2D eigenvalue weighted by molar-refractivity contribution is 5.34. The van der Waals surface area contributed by atoms with Crippen molar-refractivity contribution in [2.45, 2.75) is 51.5 Å². The summed E-state index contributed by atoms with van der Waals surface area (Å²) >= 11 is 0. The molecule has 0 heterocycles. The minimum absolute atomic E-state index is 0.0969. The van der Waals surface area contributed by atoms with Crippen LogP contribution >= 0.6 is 0 Å². The Hall–Kier alpha value is -0.890. The average Bonchev–Trinajstić information content (AvgIpc) is 2.80. The summed E-state index contributed by atoms with van der Waals surface area (Å²) in [6, 6.07) is 5.73. The number of benzene rings is 1. The molecule has 1 aromatic rings. The molecule has 1 fully saturated rings. The molecule has 3 unspecified atom stereocenters. The topological polar surface area (TPSA) is 12.0 Å². The molecule has 1 nitrogen and oxygen atoms in total. The number of aryl methyl sites for hydroxylation is 1. The van der Waals surface area contributed by atoms with Crippen LogP contribution in [0.2, 0.25) is 0 Å². The van der Waals surface area contributed by atoms with Crippen molar-refractivity contribution in [3.05, 3.63) is 35.1 Å². The number of hydrogen-bond acceptors (Lipinski definition) is 1. The maximum absolute atomic E-state index is 13.2. The highest BCUT2D eigenvalue weighted by atomic mass is 19.1. The molecule has 2 heteroatoms. The fraction of sp³-hybridized carbons (Fsp3) is 0.647. The molecule has 104 valence electrons. The van der Waals surface area contributed by atoms with E-state index in [1.54, 1.807) is 12.1 Å². The molecule has 19 heavy (non-hydrogen) atoms. The zero-order valence-corrected chi connectivity index (χ0v) is 11.8. The number of halogens is 1. The quantitative estimate of drug-likeness (QED) is 0.858. The van der Waals surface area contributed by atoms with Crippen LogP contribution in [-0.2, 0) is 6.42 Å². The lowest BCUT2D eigenvalue weighted by Crippen LogP contribution is -2.31. The summed E-state index contributed by atoms with van der Waals surface area (Å²) in [6.45, 7) is 3.52. The second-order valence-electron chi connectivity index (χ2n) is 6.36. The van der Waals surface area contributed by atoms with Gasteiger partial charge in [0.25, 0.3) is 0 Å². The van der Waals surface area contributed by atoms with Gasteiger partial charge in [0, 0.05) is 6.04 Å². The van der Waals surface area contributed by atoms with Crippen molar-refractivity contribution in [2.24, 2.45) is 11.8 Å². The second kappa shape index (κ2) is 5.62. The summed E-state index contributed by atoms with van der Waals surface area (Å²) in [6.07, 6.45) is 7.70. The Morgan fingerprint density at radius 3 is 2.89 bits per heavy atom. The van der Waals surface area contributed by atoms with Crippen LogP contribution in [0.3, 0.4) is 0 Å². The van der Waals surface area contributed by atoms with E-state index < -0.39 is 0 Å². The molecular formula is C17H24FN. The van der Waals surface area contributed by atoms with E-state index >= 15 is 0 Å². The van der Waals surface area contributed by atoms with Crippen molar-refractivity contribution in [2.75, 3.05) is 6.54 Å². The smallest absolute Gasteiger partial charge is 0.123 e. The molecule has 0 amide bonds. The molecule has 0 radical (unpaired) electrons. The van der Waals surface area contributed by atoms with E-state index in [-0.39, 0.29) is 5.82 Å². The van der Waals surface area contributed by atoms with Crippen LogP contribution in [0.5, 0.6) is 0 Å². The molecule has 1 N–H and O–H groups in total. The molecular weight excluding hydrogens is 237 g/mol. The first-order chi connectivity index (χ1) is 9.24. The van der Waals surface area contributed by atoms with Crippen molar-refractivity contribution in [3.8, 4) is 0 Å². The lowest BCUT2D eigenvalue weighted by Gasteiger charge is -2.30. The molecule has 0 saturated heterocycles. The number of nitrogens with one attached hydrogen (secondary N) is 1. The summed E-state index contributed by atoms with van der Waals surface area (Å²) in [5.74, 6) is 1.59. The third kappa shape index (κ3) is 2.84. The Labute approximate surface area is 115 Å². The largest absolute Gasteiger partial charge is 0.310 e. The van der Waals surface area contributed by atoms with Gasteiger partial charge in [0.05, 0.1) is 0 Å². The van der Waals surface area contributed by atoms with E-state index in [0.717, 1.165) is 31.2 Å². The molecule has 0 aromatic heterocycles. The Kier molecular flexibility index (Phi) is 3.88. The standard InChI is InChI=1S/C17H24FN/c1-12-4-2-3-5-14(12)11-19-17-9-6-13-10-15(18)7-8-16(13)17/h7-8,10,12,14,17,19H,2-6,9,11H2,1H3. The Morgan fingerprint density at radius 2 is 2.05 bits per heavy atom. The summed E-state index contributed by atoms with van der Waals surface area (Å²) < 4.78 is 13.2. The number of hydrogen-bond donors (Lipinski definition) is 1. The van der Waals surface area contributed by atoms with E-state index in [2.05, 4.69) is 12.2 Å². The molecule has 2 aliphatic rings. The van der Waals surface area contributed by atoms with Gasteiger partial charge in [0.1, 0.15) is 5.82 Å². The van der Waals surface area contributed by atoms with Gasteiger partial charge in [-0.2, -0.15) is 0 Å². The predicted molar refractivity (Wildman–Crippen MR) is 76.6 cm³/mol. The first-order valence-electron chi connectivity index (χ1n) is 7.76. The molecule has 0 bridgehead atoms. The number of fused-ring (bicyclic) bond motifs is 1. The van der Waals surface area contributed by atoms with Gasteiger partial charge in [0.15, 0.2) is 0 Å². The second-order valence-corrected chi connectivity index (χ2v) is 6.36. The highest BCUT2D eigenvalue weighted by Crippen LogP contribution is 2.33. The van der Waals surface area contributed by atoms with Gasteiger partial charge in [0.2, 0.25) is 0 Å². The predicted octanol–water partition coefficient (Wildman–Crippen LogP) is 4.23. The fourth-order valence-corrected chi connectivity index (χ4v) is 3.79. The first kappa shape index (κ1) is 13.1. The minimum atomic E-state index is -0.0969. The van der Waals surface area contributed by atoms with E-state index in [9.17, 15) is 4.39 Å². The van der Waals surface area contributed by atoms with Crippen molar-refractivity contribution in [3.63, 3.8) is 0 Å². The van der Waals surface area contributed by atoms with Crippen molar-refractivity contribution >= 4 is 0 Å². The third-order valence-electron chi connectivity index (χ3n) is 5.10. The van der Waals surface area contributed by atoms with Gasteiger partial charge < -0.3 is 5.32 Å². The minimum Gasteiger partial charge on any atom is -0.310 e. The van der Waals surface area contributed by atoms with Gasteiger partial charge in [-0.05, 0) is 60.9 Å². The van der Waals surface area contributed by atoms with Gasteiger partial charge >= 0.3 is 0 Å². The first-order valence-corrected chi connectivity index (χ1v) is 7.76. The van der Waals surface area contributed by atoms with Crippen LogP contribution in [0.25, 0.3) is 0 Å². The monoisotopic (exact) mass is 261 g/mol. The van der Waals surface area contributed by atoms with Crippen LogP contribution in [0, 0.1) is 17.7 Å². The lowest BCUT2D eigenvalue weighted by atomic mass is 9.80. The van der Waals surface area contributed by atoms with Crippen LogP contribution < -0.4 is 5.32 Å². The van der Waals surface area contributed by atoms with Gasteiger partial charge in [-0.15, -0.1) is 0 Å². The third-order valence-corrected chi connectivity index (χ3v) is 5.10. The number of rotatable bonds is 3. The molecule has 0 spiro atoms. The molecule has 0 aliphatic heterocycles. The van der Waals surface area contributed by atoms with E-state index in [4.69, 9.17) is 0 Å². The summed E-state index contributed by atoms with van der Waals surface area (Å²) in [7, 11) is 0. The van der Waals surface area contributed by atoms with Crippen LogP contribution in [0.1, 0.15) is 56.2 Å². The fourth-order valence-electron chi connectivity index (χ4n) is 3.79. The normalized spacial score (nSPS) is 30.3. The van der Waals surface area contributed by atoms with Crippen molar-refractivity contribution in [1.29, 1.82) is 0 Å². The SMILES string of the molecule is CC1CCCCC1CNC1CCc2cc(F)ccc21. The van der Waals surface area contributed by atoms with Gasteiger partial charge in [-0.25, -0.2) is 4.39 Å². The lowest BCUT2D eigenvalue weighted by molar-refractivity contribution is 0.240. The van der Waals surface area contributed by atoms with Gasteiger partial charge in [-0.1, -0.05) is 32.3 Å². The van der Waals surface area contributed by atoms with E-state index in [0.29, 0.717) is 6.04 Å². The Balaban J connectivity index is 1.60. The molecule has 3 rings (SSSR count). The maximum Gasteiger partial charge on any atom is 0.123 e. The van der Waals surface area contributed by atoms with Crippen molar-refractivity contribution < 1.29 is 4.39 Å². The van der Waals surface area contributed by atoms with E-state index in [1.165, 1.54) is 36.8 Å². The van der Waals surface area contributed by atoms with Crippen LogP contribution in [-0.4, -0.2) is 6.54 Å². The highest BCUT2D eigenvalue weighted by Gasteiger charge is 2.25. The molecule has 1 saturated carbocycles. The van der Waals surface area contributed by atoms with Crippen LogP contribution in [0.15, 0.2) is 18.2 Å². The van der Waals surface area contributed by atoms with E-state index in [1.807, 2.05) is 6.07 Å². The Bertz CT molecular complexity index is 443. The Morgan fingerprint density at radius 1 is 1.21 bits per heavy atom.